The maximum Gasteiger partial charge on any atom is 0.344 e. The molecule has 0 bridgehead atoms. The first kappa shape index (κ1) is 17.4. The van der Waals surface area contributed by atoms with E-state index in [1.165, 1.54) is 0 Å². The first-order chi connectivity index (χ1) is 11.5. The fraction of sp³-hybridized carbons (Fsp3) is 0.353. The minimum Gasteiger partial charge on any atom is -0.403 e. The SMILES string of the molecule is CCc1c(OC(=O)c2ccc(C)cc2)nc(C)nc1C(C)N=[N+]=[N-]. The highest BCUT2D eigenvalue weighted by Gasteiger charge is 2.20. The van der Waals surface area contributed by atoms with Crippen LogP contribution in [0.2, 0.25) is 0 Å². The lowest BCUT2D eigenvalue weighted by atomic mass is 10.1. The molecule has 2 aromatic rings. The van der Waals surface area contributed by atoms with Crippen molar-refractivity contribution in [1.29, 1.82) is 0 Å². The van der Waals surface area contributed by atoms with Gasteiger partial charge in [0.05, 0.1) is 17.3 Å². The Balaban J connectivity index is 2.40. The van der Waals surface area contributed by atoms with Crippen molar-refractivity contribution < 1.29 is 9.53 Å². The maximum atomic E-state index is 12.3. The smallest absolute Gasteiger partial charge is 0.344 e. The average molecular weight is 325 g/mol. The summed E-state index contributed by atoms with van der Waals surface area (Å²) in [7, 11) is 0. The van der Waals surface area contributed by atoms with Crippen molar-refractivity contribution in [2.45, 2.75) is 40.2 Å². The van der Waals surface area contributed by atoms with Crippen molar-refractivity contribution in [2.75, 3.05) is 0 Å². The zero-order chi connectivity index (χ0) is 17.7. The van der Waals surface area contributed by atoms with Gasteiger partial charge in [-0.1, -0.05) is 36.7 Å². The van der Waals surface area contributed by atoms with Gasteiger partial charge >= 0.3 is 5.97 Å². The molecule has 0 amide bonds. The Labute approximate surface area is 140 Å². The highest BCUT2D eigenvalue weighted by molar-refractivity contribution is 5.91. The van der Waals surface area contributed by atoms with Gasteiger partial charge in [0.25, 0.3) is 0 Å². The second-order valence-corrected chi connectivity index (χ2v) is 5.43. The Morgan fingerprint density at radius 3 is 2.54 bits per heavy atom. The van der Waals surface area contributed by atoms with Crippen LogP contribution >= 0.6 is 0 Å². The fourth-order valence-electron chi connectivity index (χ4n) is 2.32. The highest BCUT2D eigenvalue weighted by atomic mass is 16.5. The fourth-order valence-corrected chi connectivity index (χ4v) is 2.32. The third-order valence-corrected chi connectivity index (χ3v) is 3.56. The summed E-state index contributed by atoms with van der Waals surface area (Å²) in [5.41, 5.74) is 11.4. The van der Waals surface area contributed by atoms with Crippen molar-refractivity contribution in [1.82, 2.24) is 9.97 Å². The standard InChI is InChI=1S/C17H19N5O2/c1-5-14-15(11(3)21-22-18)19-12(4)20-16(14)24-17(23)13-8-6-10(2)7-9-13/h6-9,11H,5H2,1-4H3. The number of benzene rings is 1. The first-order valence-electron chi connectivity index (χ1n) is 7.66. The summed E-state index contributed by atoms with van der Waals surface area (Å²) in [5, 5.41) is 3.68. The highest BCUT2D eigenvalue weighted by Crippen LogP contribution is 2.27. The lowest BCUT2D eigenvalue weighted by molar-refractivity contribution is 0.0725. The molecule has 1 aromatic heterocycles. The number of nitrogens with zero attached hydrogens (tertiary/aromatic N) is 5. The van der Waals surface area contributed by atoms with Crippen molar-refractivity contribution in [2.24, 2.45) is 5.11 Å². The van der Waals surface area contributed by atoms with Crippen LogP contribution in [0.4, 0.5) is 0 Å². The summed E-state index contributed by atoms with van der Waals surface area (Å²) in [6.07, 6.45) is 0.553. The van der Waals surface area contributed by atoms with Crippen LogP contribution in [-0.2, 0) is 6.42 Å². The van der Waals surface area contributed by atoms with Gasteiger partial charge in [-0.3, -0.25) is 0 Å². The Morgan fingerprint density at radius 1 is 1.29 bits per heavy atom. The van der Waals surface area contributed by atoms with Gasteiger partial charge in [-0.25, -0.2) is 9.78 Å². The number of ether oxygens (including phenoxy) is 1. The van der Waals surface area contributed by atoms with E-state index in [2.05, 4.69) is 20.0 Å². The Hall–Kier alpha value is -2.92. The summed E-state index contributed by atoms with van der Waals surface area (Å²) >= 11 is 0. The van der Waals surface area contributed by atoms with Crippen LogP contribution in [0.5, 0.6) is 5.88 Å². The molecule has 0 radical (unpaired) electrons. The molecule has 7 heteroatoms. The molecular weight excluding hydrogens is 306 g/mol. The Bertz CT molecular complexity index is 795. The third-order valence-electron chi connectivity index (χ3n) is 3.56. The van der Waals surface area contributed by atoms with Crippen LogP contribution in [0.25, 0.3) is 10.4 Å². The molecular formula is C17H19N5O2. The van der Waals surface area contributed by atoms with E-state index in [0.717, 1.165) is 5.56 Å². The van der Waals surface area contributed by atoms with Crippen molar-refractivity contribution in [3.05, 3.63) is 62.9 Å². The molecule has 2 rings (SSSR count). The van der Waals surface area contributed by atoms with Gasteiger partial charge in [0.15, 0.2) is 0 Å². The monoisotopic (exact) mass is 325 g/mol. The van der Waals surface area contributed by atoms with E-state index < -0.39 is 12.0 Å². The first-order valence-corrected chi connectivity index (χ1v) is 7.66. The number of aromatic nitrogens is 2. The summed E-state index contributed by atoms with van der Waals surface area (Å²) in [6.45, 7) is 7.30. The number of rotatable bonds is 5. The van der Waals surface area contributed by atoms with Crippen LogP contribution in [0, 0.1) is 13.8 Å². The molecule has 0 aliphatic carbocycles. The second-order valence-electron chi connectivity index (χ2n) is 5.43. The normalized spacial score (nSPS) is 11.5. The summed E-state index contributed by atoms with van der Waals surface area (Å²) < 4.78 is 5.49. The summed E-state index contributed by atoms with van der Waals surface area (Å²) in [5.74, 6) is 0.185. The van der Waals surface area contributed by atoms with Crippen molar-refractivity contribution in [3.63, 3.8) is 0 Å². The number of carbonyl (C=O) groups excluding carboxylic acids is 1. The number of carbonyl (C=O) groups is 1. The summed E-state index contributed by atoms with van der Waals surface area (Å²) in [4.78, 5) is 23.8. The number of aryl methyl sites for hydroxylation is 2. The molecule has 24 heavy (non-hydrogen) atoms. The molecule has 0 N–H and O–H groups in total. The topological polar surface area (TPSA) is 101 Å². The Kier molecular flexibility index (Phi) is 5.50. The minimum absolute atomic E-state index is 0.213. The predicted octanol–water partition coefficient (Wildman–Crippen LogP) is 4.25. The van der Waals surface area contributed by atoms with Crippen LogP contribution < -0.4 is 4.74 Å². The van der Waals surface area contributed by atoms with Crippen LogP contribution in [0.1, 0.15) is 52.9 Å². The van der Waals surface area contributed by atoms with E-state index >= 15 is 0 Å². The molecule has 7 nitrogen and oxygen atoms in total. The van der Waals surface area contributed by atoms with E-state index in [4.69, 9.17) is 10.3 Å². The van der Waals surface area contributed by atoms with E-state index in [0.29, 0.717) is 29.1 Å². The van der Waals surface area contributed by atoms with Gasteiger partial charge in [-0.05, 0) is 37.9 Å². The van der Waals surface area contributed by atoms with Gasteiger partial charge in [-0.15, -0.1) is 0 Å². The molecule has 124 valence electrons. The quantitative estimate of drug-likeness (QED) is 0.355. The number of azide groups is 1. The molecule has 0 fully saturated rings. The van der Waals surface area contributed by atoms with Gasteiger partial charge in [-0.2, -0.15) is 4.98 Å². The zero-order valence-corrected chi connectivity index (χ0v) is 14.1. The zero-order valence-electron chi connectivity index (χ0n) is 14.1. The maximum absolute atomic E-state index is 12.3. The van der Waals surface area contributed by atoms with Gasteiger partial charge < -0.3 is 4.74 Å². The molecule has 0 spiro atoms. The van der Waals surface area contributed by atoms with E-state index in [1.807, 2.05) is 26.0 Å². The van der Waals surface area contributed by atoms with E-state index in [1.54, 1.807) is 26.0 Å². The molecule has 0 saturated carbocycles. The van der Waals surface area contributed by atoms with E-state index in [9.17, 15) is 4.79 Å². The minimum atomic E-state index is -0.481. The largest absolute Gasteiger partial charge is 0.403 e. The van der Waals surface area contributed by atoms with Gasteiger partial charge in [0.2, 0.25) is 5.88 Å². The lowest BCUT2D eigenvalue weighted by Crippen LogP contribution is -2.14. The molecule has 1 heterocycles. The van der Waals surface area contributed by atoms with Crippen LogP contribution in [-0.4, -0.2) is 15.9 Å². The van der Waals surface area contributed by atoms with Crippen LogP contribution in [0.15, 0.2) is 29.4 Å². The third kappa shape index (κ3) is 3.88. The molecule has 1 atom stereocenters. The molecule has 1 aromatic carbocycles. The van der Waals surface area contributed by atoms with Crippen molar-refractivity contribution in [3.8, 4) is 5.88 Å². The van der Waals surface area contributed by atoms with Crippen molar-refractivity contribution >= 4 is 5.97 Å². The number of hydrogen-bond acceptors (Lipinski definition) is 5. The predicted molar refractivity (Wildman–Crippen MR) is 89.8 cm³/mol. The lowest BCUT2D eigenvalue weighted by Gasteiger charge is -2.15. The van der Waals surface area contributed by atoms with Gasteiger partial charge in [0.1, 0.15) is 5.82 Å². The molecule has 0 aliphatic rings. The second kappa shape index (κ2) is 7.57. The summed E-state index contributed by atoms with van der Waals surface area (Å²) in [6, 6.07) is 6.64. The molecule has 0 aliphatic heterocycles. The average Bonchev–Trinajstić information content (AvgIpc) is 2.55. The number of esters is 1. The van der Waals surface area contributed by atoms with Gasteiger partial charge in [0, 0.05) is 10.5 Å². The molecule has 0 saturated heterocycles. The number of hydrogen-bond donors (Lipinski definition) is 0. The van der Waals surface area contributed by atoms with E-state index in [-0.39, 0.29) is 5.88 Å². The van der Waals surface area contributed by atoms with Crippen LogP contribution in [0.3, 0.4) is 0 Å². The Morgan fingerprint density at radius 2 is 1.96 bits per heavy atom. The molecule has 1 unspecified atom stereocenters.